The molecule has 0 N–H and O–H groups in total. The molecule has 78 valence electrons. The highest BCUT2D eigenvalue weighted by atomic mass is 79.9. The Balaban J connectivity index is 2.47. The lowest BCUT2D eigenvalue weighted by atomic mass is 10.2. The Hall–Kier alpha value is -0.0500. The minimum Gasteiger partial charge on any atom is -0.301 e. The lowest BCUT2D eigenvalue weighted by Gasteiger charge is -2.17. The van der Waals surface area contributed by atoms with Crippen LogP contribution in [0.4, 0.5) is 0 Å². The lowest BCUT2D eigenvalue weighted by Crippen LogP contribution is -2.24. The third kappa shape index (κ3) is 4.45. The molecule has 0 spiro atoms. The van der Waals surface area contributed by atoms with E-state index < -0.39 is 0 Å². The molecule has 0 saturated carbocycles. The number of nitrogens with zero attached hydrogens (tertiary/aromatic N) is 1. The van der Waals surface area contributed by atoms with Crippen molar-refractivity contribution in [2.24, 2.45) is 0 Å². The van der Waals surface area contributed by atoms with Crippen LogP contribution in [0.2, 0.25) is 0 Å². The van der Waals surface area contributed by atoms with Gasteiger partial charge in [-0.2, -0.15) is 0 Å². The van der Waals surface area contributed by atoms with Crippen LogP contribution in [0.1, 0.15) is 12.5 Å². The molecule has 1 nitrogen and oxygen atoms in total. The quantitative estimate of drug-likeness (QED) is 0.761. The number of hydrogen-bond donors (Lipinski definition) is 0. The van der Waals surface area contributed by atoms with Gasteiger partial charge in [0.25, 0.3) is 0 Å². The van der Waals surface area contributed by atoms with Crippen molar-refractivity contribution in [3.05, 3.63) is 34.3 Å². The van der Waals surface area contributed by atoms with Crippen LogP contribution in [0.5, 0.6) is 0 Å². The maximum Gasteiger partial charge on any atom is 0.0435 e. The van der Waals surface area contributed by atoms with Crippen molar-refractivity contribution in [3.63, 3.8) is 0 Å². The number of rotatable bonds is 4. The first-order valence-electron chi connectivity index (χ1n) is 4.65. The smallest absolute Gasteiger partial charge is 0.0435 e. The first-order chi connectivity index (χ1) is 6.58. The number of hydrogen-bond acceptors (Lipinski definition) is 1. The average Bonchev–Trinajstić information content (AvgIpc) is 2.07. The second-order valence-corrected chi connectivity index (χ2v) is 5.26. The zero-order valence-electron chi connectivity index (χ0n) is 8.50. The van der Waals surface area contributed by atoms with Gasteiger partial charge in [0, 0.05) is 22.9 Å². The van der Waals surface area contributed by atoms with E-state index in [1.807, 2.05) is 6.92 Å². The van der Waals surface area contributed by atoms with Crippen LogP contribution >= 0.6 is 27.5 Å². The molecule has 0 aliphatic rings. The Morgan fingerprint density at radius 2 is 1.93 bits per heavy atom. The van der Waals surface area contributed by atoms with E-state index in [-0.39, 0.29) is 5.38 Å². The van der Waals surface area contributed by atoms with Crippen LogP contribution in [0.3, 0.4) is 0 Å². The van der Waals surface area contributed by atoms with Crippen LogP contribution in [0, 0.1) is 0 Å². The molecule has 0 fully saturated rings. The maximum absolute atomic E-state index is 5.91. The zero-order valence-corrected chi connectivity index (χ0v) is 10.8. The lowest BCUT2D eigenvalue weighted by molar-refractivity contribution is 0.330. The summed E-state index contributed by atoms with van der Waals surface area (Å²) >= 11 is 9.33. The number of halogens is 2. The summed E-state index contributed by atoms with van der Waals surface area (Å²) in [5.74, 6) is 0. The van der Waals surface area contributed by atoms with Crippen molar-refractivity contribution in [2.45, 2.75) is 18.8 Å². The fourth-order valence-electron chi connectivity index (χ4n) is 1.40. The normalized spacial score (nSPS) is 13.2. The molecule has 0 aliphatic carbocycles. The molecule has 3 heteroatoms. The molecule has 0 amide bonds. The van der Waals surface area contributed by atoms with E-state index in [9.17, 15) is 0 Å². The second kappa shape index (κ2) is 5.74. The molecule has 1 aromatic rings. The third-order valence-electron chi connectivity index (χ3n) is 1.93. The Labute approximate surface area is 99.2 Å². The minimum atomic E-state index is 0.204. The van der Waals surface area contributed by atoms with Crippen molar-refractivity contribution >= 4 is 27.5 Å². The summed E-state index contributed by atoms with van der Waals surface area (Å²) in [4.78, 5) is 2.22. The van der Waals surface area contributed by atoms with E-state index in [2.05, 4.69) is 52.1 Å². The Bertz CT molecular complexity index is 271. The van der Waals surface area contributed by atoms with E-state index >= 15 is 0 Å². The van der Waals surface area contributed by atoms with Gasteiger partial charge in [-0.05, 0) is 31.7 Å². The molecule has 1 atom stereocenters. The van der Waals surface area contributed by atoms with Crippen LogP contribution in [-0.2, 0) is 6.54 Å². The molecule has 0 saturated heterocycles. The van der Waals surface area contributed by atoms with Gasteiger partial charge in [-0.3, -0.25) is 0 Å². The van der Waals surface area contributed by atoms with Crippen molar-refractivity contribution < 1.29 is 0 Å². The van der Waals surface area contributed by atoms with Crippen LogP contribution in [0.15, 0.2) is 28.7 Å². The molecular weight excluding hydrogens is 261 g/mol. The monoisotopic (exact) mass is 275 g/mol. The van der Waals surface area contributed by atoms with Gasteiger partial charge in [0.2, 0.25) is 0 Å². The van der Waals surface area contributed by atoms with Gasteiger partial charge >= 0.3 is 0 Å². The SMILES string of the molecule is CC(Cl)CN(C)Cc1ccc(Br)cc1. The Kier molecular flexibility index (Phi) is 4.93. The van der Waals surface area contributed by atoms with Crippen molar-refractivity contribution in [1.29, 1.82) is 0 Å². The molecule has 0 heterocycles. The van der Waals surface area contributed by atoms with Gasteiger partial charge in [0.05, 0.1) is 0 Å². The Morgan fingerprint density at radius 1 is 1.36 bits per heavy atom. The molecule has 0 aliphatic heterocycles. The molecule has 0 radical (unpaired) electrons. The molecule has 1 unspecified atom stereocenters. The van der Waals surface area contributed by atoms with Crippen molar-refractivity contribution in [3.8, 4) is 0 Å². The zero-order chi connectivity index (χ0) is 10.6. The van der Waals surface area contributed by atoms with Gasteiger partial charge in [0.15, 0.2) is 0 Å². The van der Waals surface area contributed by atoms with Crippen LogP contribution < -0.4 is 0 Å². The van der Waals surface area contributed by atoms with Gasteiger partial charge in [-0.1, -0.05) is 28.1 Å². The van der Waals surface area contributed by atoms with E-state index in [4.69, 9.17) is 11.6 Å². The maximum atomic E-state index is 5.91. The highest BCUT2D eigenvalue weighted by Gasteiger charge is 2.03. The van der Waals surface area contributed by atoms with Crippen LogP contribution in [0.25, 0.3) is 0 Å². The fraction of sp³-hybridized carbons (Fsp3) is 0.455. The first-order valence-corrected chi connectivity index (χ1v) is 5.88. The summed E-state index contributed by atoms with van der Waals surface area (Å²) in [6.07, 6.45) is 0. The summed E-state index contributed by atoms with van der Waals surface area (Å²) in [7, 11) is 2.08. The molecule has 0 aromatic heterocycles. The minimum absolute atomic E-state index is 0.204. The van der Waals surface area contributed by atoms with Crippen molar-refractivity contribution in [2.75, 3.05) is 13.6 Å². The second-order valence-electron chi connectivity index (χ2n) is 3.60. The van der Waals surface area contributed by atoms with E-state index in [1.165, 1.54) is 5.56 Å². The highest BCUT2D eigenvalue weighted by Crippen LogP contribution is 2.12. The molecule has 1 aromatic carbocycles. The largest absolute Gasteiger partial charge is 0.301 e. The molecule has 14 heavy (non-hydrogen) atoms. The summed E-state index contributed by atoms with van der Waals surface area (Å²) in [6, 6.07) is 8.37. The van der Waals surface area contributed by atoms with E-state index in [1.54, 1.807) is 0 Å². The molecular formula is C11H15BrClN. The number of alkyl halides is 1. The molecule has 1 rings (SSSR count). The predicted molar refractivity (Wildman–Crippen MR) is 65.8 cm³/mol. The van der Waals surface area contributed by atoms with Gasteiger partial charge in [-0.15, -0.1) is 11.6 Å². The first kappa shape index (κ1) is 12.0. The molecule has 0 bridgehead atoms. The van der Waals surface area contributed by atoms with E-state index in [0.717, 1.165) is 17.6 Å². The summed E-state index contributed by atoms with van der Waals surface area (Å²) < 4.78 is 1.12. The van der Waals surface area contributed by atoms with Crippen molar-refractivity contribution in [1.82, 2.24) is 4.90 Å². The topological polar surface area (TPSA) is 3.24 Å². The number of benzene rings is 1. The standard InChI is InChI=1S/C11H15BrClN/c1-9(13)7-14(2)8-10-3-5-11(12)6-4-10/h3-6,9H,7-8H2,1-2H3. The highest BCUT2D eigenvalue weighted by molar-refractivity contribution is 9.10. The predicted octanol–water partition coefficient (Wildman–Crippen LogP) is 3.51. The summed E-state index contributed by atoms with van der Waals surface area (Å²) in [6.45, 7) is 3.88. The van der Waals surface area contributed by atoms with Gasteiger partial charge in [-0.25, -0.2) is 0 Å². The van der Waals surface area contributed by atoms with Crippen LogP contribution in [-0.4, -0.2) is 23.9 Å². The third-order valence-corrected chi connectivity index (χ3v) is 2.60. The summed E-state index contributed by atoms with van der Waals surface area (Å²) in [5.41, 5.74) is 1.31. The summed E-state index contributed by atoms with van der Waals surface area (Å²) in [5, 5.41) is 0.204. The van der Waals surface area contributed by atoms with Gasteiger partial charge < -0.3 is 4.90 Å². The van der Waals surface area contributed by atoms with Gasteiger partial charge in [0.1, 0.15) is 0 Å². The average molecular weight is 277 g/mol. The Morgan fingerprint density at radius 3 is 2.43 bits per heavy atom. The van der Waals surface area contributed by atoms with E-state index in [0.29, 0.717) is 0 Å². The fourth-order valence-corrected chi connectivity index (χ4v) is 1.90.